The summed E-state index contributed by atoms with van der Waals surface area (Å²) in [6, 6.07) is 9.01. The summed E-state index contributed by atoms with van der Waals surface area (Å²) in [5.41, 5.74) is 2.56. The van der Waals surface area contributed by atoms with Crippen LogP contribution in [0.25, 0.3) is 0 Å². The molecule has 2 rings (SSSR count). The molecule has 0 amide bonds. The molecule has 1 fully saturated rings. The summed E-state index contributed by atoms with van der Waals surface area (Å²) in [5, 5.41) is 8.97. The maximum absolute atomic E-state index is 12.6. The van der Waals surface area contributed by atoms with Gasteiger partial charge in [0.15, 0.2) is 8.32 Å². The van der Waals surface area contributed by atoms with E-state index in [2.05, 4.69) is 65.1 Å². The number of hydrogen-bond acceptors (Lipinski definition) is 3. The second-order valence-electron chi connectivity index (χ2n) is 12.1. The fraction of sp³-hybridized carbons (Fsp3) is 0.733. The van der Waals surface area contributed by atoms with Crippen molar-refractivity contribution in [2.24, 2.45) is 5.92 Å². The van der Waals surface area contributed by atoms with Crippen LogP contribution in [0.2, 0.25) is 18.1 Å². The highest BCUT2D eigenvalue weighted by atomic mass is 28.4. The third-order valence-electron chi connectivity index (χ3n) is 8.31. The van der Waals surface area contributed by atoms with Gasteiger partial charge in [-0.2, -0.15) is 0 Å². The number of unbranched alkanes of at least 4 members (excludes halogenated alkanes) is 5. The molecule has 4 nitrogen and oxygen atoms in total. The van der Waals surface area contributed by atoms with Crippen molar-refractivity contribution in [1.29, 1.82) is 0 Å². The predicted molar refractivity (Wildman–Crippen MR) is 147 cm³/mol. The summed E-state index contributed by atoms with van der Waals surface area (Å²) in [5.74, 6) is 0.115. The van der Waals surface area contributed by atoms with Gasteiger partial charge in [0.25, 0.3) is 0 Å². The predicted octanol–water partition coefficient (Wildman–Crippen LogP) is 8.82. The normalized spacial score (nSPS) is 19.8. The highest BCUT2D eigenvalue weighted by Crippen LogP contribution is 2.43. The van der Waals surface area contributed by atoms with Gasteiger partial charge in [-0.25, -0.2) is 0 Å². The van der Waals surface area contributed by atoms with Gasteiger partial charge >= 0.3 is 5.97 Å². The zero-order chi connectivity index (χ0) is 26.1. The highest BCUT2D eigenvalue weighted by Gasteiger charge is 2.39. The SMILES string of the molecule is CCCCCC(O[Si](C)(C)C(C)(C)C)c1ccc(C2CCC(=O)C2CCCCCCC(=O)O)cc1. The van der Waals surface area contributed by atoms with Gasteiger partial charge in [-0.15, -0.1) is 0 Å². The number of ketones is 1. The number of benzene rings is 1. The van der Waals surface area contributed by atoms with Crippen molar-refractivity contribution in [3.8, 4) is 0 Å². The number of Topliss-reactive ketones (excluding diaryl/α,β-unsaturated/α-hetero) is 1. The number of carbonyl (C=O) groups excluding carboxylic acids is 1. The van der Waals surface area contributed by atoms with Crippen molar-refractivity contribution in [3.63, 3.8) is 0 Å². The Balaban J connectivity index is 2.05. The van der Waals surface area contributed by atoms with E-state index in [-0.39, 0.29) is 23.5 Å². The van der Waals surface area contributed by atoms with Crippen molar-refractivity contribution in [3.05, 3.63) is 35.4 Å². The van der Waals surface area contributed by atoms with E-state index < -0.39 is 14.3 Å². The minimum Gasteiger partial charge on any atom is -0.481 e. The fourth-order valence-corrected chi connectivity index (χ4v) is 6.35. The molecule has 1 aromatic rings. The summed E-state index contributed by atoms with van der Waals surface area (Å²) >= 11 is 0. The summed E-state index contributed by atoms with van der Waals surface area (Å²) in [6.07, 6.45) is 11.3. The first-order chi connectivity index (χ1) is 16.5. The van der Waals surface area contributed by atoms with Gasteiger partial charge in [0.1, 0.15) is 5.78 Å². The zero-order valence-electron chi connectivity index (χ0n) is 23.2. The number of carboxylic acids is 1. The average molecular weight is 503 g/mol. The quantitative estimate of drug-likeness (QED) is 0.192. The molecule has 0 radical (unpaired) electrons. The molecule has 1 aliphatic rings. The molecule has 35 heavy (non-hydrogen) atoms. The molecule has 1 aromatic carbocycles. The molecule has 1 N–H and O–H groups in total. The van der Waals surface area contributed by atoms with Gasteiger partial charge in [0.05, 0.1) is 6.10 Å². The van der Waals surface area contributed by atoms with Crippen molar-refractivity contribution < 1.29 is 19.1 Å². The Kier molecular flexibility index (Phi) is 11.7. The Morgan fingerprint density at radius 1 is 1.06 bits per heavy atom. The van der Waals surface area contributed by atoms with Crippen LogP contribution in [0.3, 0.4) is 0 Å². The lowest BCUT2D eigenvalue weighted by Gasteiger charge is -2.39. The lowest BCUT2D eigenvalue weighted by Crippen LogP contribution is -2.41. The fourth-order valence-electron chi connectivity index (χ4n) is 5.03. The summed E-state index contributed by atoms with van der Waals surface area (Å²) in [6.45, 7) is 13.8. The van der Waals surface area contributed by atoms with Crippen LogP contribution in [0.5, 0.6) is 0 Å². The largest absolute Gasteiger partial charge is 0.481 e. The van der Waals surface area contributed by atoms with Crippen LogP contribution < -0.4 is 0 Å². The maximum atomic E-state index is 12.6. The Bertz CT molecular complexity index is 794. The molecule has 198 valence electrons. The minimum absolute atomic E-state index is 0.115. The molecule has 5 heteroatoms. The average Bonchev–Trinajstić information content (AvgIpc) is 3.15. The van der Waals surface area contributed by atoms with E-state index >= 15 is 0 Å². The zero-order valence-corrected chi connectivity index (χ0v) is 24.2. The van der Waals surface area contributed by atoms with Crippen molar-refractivity contribution >= 4 is 20.1 Å². The van der Waals surface area contributed by atoms with Crippen LogP contribution in [-0.4, -0.2) is 25.2 Å². The molecule has 1 aliphatic carbocycles. The number of aliphatic carboxylic acids is 1. The first-order valence-corrected chi connectivity index (χ1v) is 16.9. The number of carboxylic acid groups (broad SMARTS) is 1. The Labute approximate surface area is 215 Å². The third-order valence-corrected chi connectivity index (χ3v) is 12.8. The topological polar surface area (TPSA) is 63.6 Å². The maximum Gasteiger partial charge on any atom is 0.303 e. The lowest BCUT2D eigenvalue weighted by molar-refractivity contribution is -0.137. The third kappa shape index (κ3) is 9.17. The second-order valence-corrected chi connectivity index (χ2v) is 16.9. The summed E-state index contributed by atoms with van der Waals surface area (Å²) in [7, 11) is -1.88. The van der Waals surface area contributed by atoms with E-state index in [9.17, 15) is 9.59 Å². The molecule has 0 spiro atoms. The number of carbonyl (C=O) groups is 2. The smallest absolute Gasteiger partial charge is 0.303 e. The molecular formula is C30H50O4Si. The van der Waals surface area contributed by atoms with E-state index in [1.165, 1.54) is 30.4 Å². The van der Waals surface area contributed by atoms with Crippen LogP contribution in [0.4, 0.5) is 0 Å². The van der Waals surface area contributed by atoms with Crippen LogP contribution in [0, 0.1) is 5.92 Å². The molecule has 0 saturated heterocycles. The second kappa shape index (κ2) is 13.7. The molecular weight excluding hydrogens is 452 g/mol. The number of rotatable bonds is 15. The van der Waals surface area contributed by atoms with Gasteiger partial charge in [-0.1, -0.05) is 90.5 Å². The van der Waals surface area contributed by atoms with Gasteiger partial charge in [-0.3, -0.25) is 9.59 Å². The minimum atomic E-state index is -1.88. The highest BCUT2D eigenvalue weighted by molar-refractivity contribution is 6.74. The molecule has 1 saturated carbocycles. The van der Waals surface area contributed by atoms with Crippen molar-refractivity contribution in [1.82, 2.24) is 0 Å². The Morgan fingerprint density at radius 3 is 2.31 bits per heavy atom. The molecule has 0 heterocycles. The standard InChI is InChI=1S/C30H50O4Si/c1-7-8-11-15-28(34-35(5,6)30(2,3)4)24-19-17-23(18-20-24)25-21-22-27(31)26(25)14-12-9-10-13-16-29(32)33/h17-20,25-26,28H,7-16,21-22H2,1-6H3,(H,32,33). The molecule has 0 bridgehead atoms. The van der Waals surface area contributed by atoms with Gasteiger partial charge < -0.3 is 9.53 Å². The summed E-state index contributed by atoms with van der Waals surface area (Å²) < 4.78 is 6.89. The molecule has 3 atom stereocenters. The first kappa shape index (κ1) is 29.8. The van der Waals surface area contributed by atoms with Gasteiger partial charge in [0, 0.05) is 18.8 Å². The van der Waals surface area contributed by atoms with Crippen LogP contribution in [0.1, 0.15) is 128 Å². The van der Waals surface area contributed by atoms with Crippen LogP contribution in [0.15, 0.2) is 24.3 Å². The summed E-state index contributed by atoms with van der Waals surface area (Å²) in [4.78, 5) is 23.3. The monoisotopic (exact) mass is 502 g/mol. The van der Waals surface area contributed by atoms with E-state index in [4.69, 9.17) is 9.53 Å². The molecule has 0 aromatic heterocycles. The number of hydrogen-bond donors (Lipinski definition) is 1. The molecule has 0 aliphatic heterocycles. The van der Waals surface area contributed by atoms with E-state index in [0.717, 1.165) is 44.9 Å². The lowest BCUT2D eigenvalue weighted by atomic mass is 9.84. The first-order valence-electron chi connectivity index (χ1n) is 14.0. The van der Waals surface area contributed by atoms with E-state index in [1.54, 1.807) is 0 Å². The Morgan fingerprint density at radius 2 is 1.71 bits per heavy atom. The van der Waals surface area contributed by atoms with Crippen molar-refractivity contribution in [2.75, 3.05) is 0 Å². The van der Waals surface area contributed by atoms with Gasteiger partial charge in [0.2, 0.25) is 0 Å². The van der Waals surface area contributed by atoms with Crippen LogP contribution >= 0.6 is 0 Å². The van der Waals surface area contributed by atoms with E-state index in [0.29, 0.717) is 18.1 Å². The van der Waals surface area contributed by atoms with Crippen LogP contribution in [-0.2, 0) is 14.0 Å². The molecule has 3 unspecified atom stereocenters. The Hall–Kier alpha value is -1.46. The van der Waals surface area contributed by atoms with E-state index in [1.807, 2.05) is 0 Å². The van der Waals surface area contributed by atoms with Gasteiger partial charge in [-0.05, 0) is 60.9 Å². The van der Waals surface area contributed by atoms with Crippen molar-refractivity contribution in [2.45, 2.75) is 135 Å².